The minimum absolute atomic E-state index is 0. The fraction of sp³-hybridized carbons (Fsp3) is 0.588. The van der Waals surface area contributed by atoms with E-state index in [9.17, 15) is 0 Å². The molecular formula is C17H29IN4O. The molecule has 0 bridgehead atoms. The molecular weight excluding hydrogens is 403 g/mol. The summed E-state index contributed by atoms with van der Waals surface area (Å²) in [5.41, 5.74) is 1.17. The van der Waals surface area contributed by atoms with Gasteiger partial charge < -0.3 is 20.7 Å². The van der Waals surface area contributed by atoms with Crippen LogP contribution in [0.3, 0.4) is 0 Å². The Morgan fingerprint density at radius 3 is 2.74 bits per heavy atom. The maximum absolute atomic E-state index is 5.60. The Labute approximate surface area is 156 Å². The zero-order chi connectivity index (χ0) is 15.5. The average Bonchev–Trinajstić information content (AvgIpc) is 3.06. The van der Waals surface area contributed by atoms with Crippen molar-refractivity contribution in [2.45, 2.75) is 32.3 Å². The number of hydrogen-bond acceptors (Lipinski definition) is 3. The van der Waals surface area contributed by atoms with Crippen LogP contribution in [-0.2, 0) is 4.74 Å². The molecule has 1 saturated heterocycles. The molecule has 0 aromatic heterocycles. The summed E-state index contributed by atoms with van der Waals surface area (Å²) in [4.78, 5) is 4.60. The van der Waals surface area contributed by atoms with Crippen LogP contribution in [0, 0.1) is 0 Å². The molecule has 1 heterocycles. The van der Waals surface area contributed by atoms with Crippen LogP contribution in [0.25, 0.3) is 0 Å². The van der Waals surface area contributed by atoms with Gasteiger partial charge in [0.2, 0.25) is 0 Å². The van der Waals surface area contributed by atoms with Gasteiger partial charge in [0.25, 0.3) is 0 Å². The van der Waals surface area contributed by atoms with Crippen LogP contribution in [0.2, 0.25) is 0 Å². The van der Waals surface area contributed by atoms with Gasteiger partial charge in [0.1, 0.15) is 0 Å². The normalized spacial score (nSPS) is 17.4. The predicted octanol–water partition coefficient (Wildman–Crippen LogP) is 2.84. The van der Waals surface area contributed by atoms with E-state index in [0.717, 1.165) is 58.0 Å². The zero-order valence-electron chi connectivity index (χ0n) is 13.9. The molecule has 1 unspecified atom stereocenters. The van der Waals surface area contributed by atoms with Crippen molar-refractivity contribution in [1.29, 1.82) is 0 Å². The maximum Gasteiger partial charge on any atom is 0.191 e. The molecule has 130 valence electrons. The first kappa shape index (κ1) is 20.0. The standard InChI is InChI=1S/C17H28N4O.HI/c1-2-18-17(21-14-16-10-6-13-22-16)20-12-7-11-19-15-8-4-3-5-9-15;/h3-5,8-9,16,19H,2,6-7,10-14H2,1H3,(H2,18,20,21);1H. The highest BCUT2D eigenvalue weighted by Crippen LogP contribution is 2.11. The van der Waals surface area contributed by atoms with Crippen molar-refractivity contribution in [3.8, 4) is 0 Å². The first-order valence-corrected chi connectivity index (χ1v) is 8.31. The zero-order valence-corrected chi connectivity index (χ0v) is 16.2. The molecule has 2 rings (SSSR count). The second-order valence-corrected chi connectivity index (χ2v) is 5.43. The summed E-state index contributed by atoms with van der Waals surface area (Å²) in [6.45, 7) is 6.44. The molecule has 23 heavy (non-hydrogen) atoms. The van der Waals surface area contributed by atoms with E-state index < -0.39 is 0 Å². The number of halogens is 1. The number of guanidine groups is 1. The number of benzene rings is 1. The van der Waals surface area contributed by atoms with Crippen LogP contribution in [0.15, 0.2) is 35.3 Å². The molecule has 1 aliphatic rings. The third-order valence-corrected chi connectivity index (χ3v) is 3.57. The van der Waals surface area contributed by atoms with E-state index in [0.29, 0.717) is 6.10 Å². The quantitative estimate of drug-likeness (QED) is 0.256. The van der Waals surface area contributed by atoms with Gasteiger partial charge >= 0.3 is 0 Å². The maximum atomic E-state index is 5.60. The molecule has 0 saturated carbocycles. The van der Waals surface area contributed by atoms with Crippen molar-refractivity contribution in [3.05, 3.63) is 30.3 Å². The molecule has 0 amide bonds. The molecule has 1 atom stereocenters. The van der Waals surface area contributed by atoms with Crippen LogP contribution in [0.4, 0.5) is 5.69 Å². The summed E-state index contributed by atoms with van der Waals surface area (Å²) < 4.78 is 5.60. The van der Waals surface area contributed by atoms with Crippen LogP contribution in [-0.4, -0.2) is 44.8 Å². The number of hydrogen-bond donors (Lipinski definition) is 3. The SMILES string of the molecule is CCNC(=NCC1CCCO1)NCCCNc1ccccc1.I. The van der Waals surface area contributed by atoms with Gasteiger partial charge in [-0.15, -0.1) is 24.0 Å². The number of anilines is 1. The van der Waals surface area contributed by atoms with E-state index >= 15 is 0 Å². The van der Waals surface area contributed by atoms with Crippen LogP contribution in [0.1, 0.15) is 26.2 Å². The molecule has 1 aromatic rings. The monoisotopic (exact) mass is 432 g/mol. The fourth-order valence-electron chi connectivity index (χ4n) is 2.41. The first-order chi connectivity index (χ1) is 10.9. The number of ether oxygens (including phenoxy) is 1. The summed E-state index contributed by atoms with van der Waals surface area (Å²) in [6, 6.07) is 10.3. The van der Waals surface area contributed by atoms with Crippen molar-refractivity contribution in [2.75, 3.05) is 38.1 Å². The Morgan fingerprint density at radius 2 is 2.04 bits per heavy atom. The highest BCUT2D eigenvalue weighted by atomic mass is 127. The summed E-state index contributed by atoms with van der Waals surface area (Å²) in [6.07, 6.45) is 3.63. The number of para-hydroxylation sites is 1. The number of nitrogens with zero attached hydrogens (tertiary/aromatic N) is 1. The van der Waals surface area contributed by atoms with E-state index in [1.54, 1.807) is 0 Å². The molecule has 1 aliphatic heterocycles. The smallest absolute Gasteiger partial charge is 0.191 e. The topological polar surface area (TPSA) is 57.7 Å². The van der Waals surface area contributed by atoms with Crippen LogP contribution < -0.4 is 16.0 Å². The second-order valence-electron chi connectivity index (χ2n) is 5.43. The van der Waals surface area contributed by atoms with E-state index in [1.165, 1.54) is 5.69 Å². The highest BCUT2D eigenvalue weighted by Gasteiger charge is 2.14. The number of rotatable bonds is 8. The van der Waals surface area contributed by atoms with E-state index in [1.807, 2.05) is 18.2 Å². The number of nitrogens with one attached hydrogen (secondary N) is 3. The van der Waals surface area contributed by atoms with Crippen molar-refractivity contribution in [2.24, 2.45) is 4.99 Å². The minimum atomic E-state index is 0. The fourth-order valence-corrected chi connectivity index (χ4v) is 2.41. The Morgan fingerprint density at radius 1 is 1.22 bits per heavy atom. The van der Waals surface area contributed by atoms with Crippen molar-refractivity contribution >= 4 is 35.6 Å². The van der Waals surface area contributed by atoms with Gasteiger partial charge in [-0.3, -0.25) is 4.99 Å². The lowest BCUT2D eigenvalue weighted by molar-refractivity contribution is 0.117. The Bertz CT molecular complexity index is 435. The van der Waals surface area contributed by atoms with Gasteiger partial charge in [-0.1, -0.05) is 18.2 Å². The van der Waals surface area contributed by atoms with Crippen LogP contribution in [0.5, 0.6) is 0 Å². The van der Waals surface area contributed by atoms with E-state index in [4.69, 9.17) is 4.74 Å². The van der Waals surface area contributed by atoms with Gasteiger partial charge in [0.05, 0.1) is 12.6 Å². The molecule has 3 N–H and O–H groups in total. The Balaban J connectivity index is 0.00000264. The Kier molecular flexibility index (Phi) is 10.8. The third-order valence-electron chi connectivity index (χ3n) is 3.57. The first-order valence-electron chi connectivity index (χ1n) is 8.31. The third kappa shape index (κ3) is 8.41. The molecule has 1 aromatic carbocycles. The minimum Gasteiger partial charge on any atom is -0.385 e. The van der Waals surface area contributed by atoms with E-state index in [-0.39, 0.29) is 24.0 Å². The molecule has 6 heteroatoms. The molecule has 0 radical (unpaired) electrons. The second kappa shape index (κ2) is 12.4. The molecule has 5 nitrogen and oxygen atoms in total. The van der Waals surface area contributed by atoms with Crippen molar-refractivity contribution in [3.63, 3.8) is 0 Å². The summed E-state index contributed by atoms with van der Waals surface area (Å²) in [7, 11) is 0. The van der Waals surface area contributed by atoms with Gasteiger partial charge in [-0.25, -0.2) is 0 Å². The highest BCUT2D eigenvalue weighted by molar-refractivity contribution is 14.0. The van der Waals surface area contributed by atoms with Gasteiger partial charge in [-0.2, -0.15) is 0 Å². The van der Waals surface area contributed by atoms with Gasteiger partial charge in [-0.05, 0) is 38.3 Å². The van der Waals surface area contributed by atoms with E-state index in [2.05, 4.69) is 40.0 Å². The molecule has 0 spiro atoms. The molecule has 0 aliphatic carbocycles. The average molecular weight is 432 g/mol. The predicted molar refractivity (Wildman–Crippen MR) is 108 cm³/mol. The Hall–Kier alpha value is -1.02. The van der Waals surface area contributed by atoms with Crippen molar-refractivity contribution < 1.29 is 4.74 Å². The summed E-state index contributed by atoms with van der Waals surface area (Å²) in [5, 5.41) is 10.1. The number of aliphatic imine (C=N–C) groups is 1. The van der Waals surface area contributed by atoms with Gasteiger partial charge in [0, 0.05) is 31.9 Å². The lowest BCUT2D eigenvalue weighted by Crippen LogP contribution is -2.38. The summed E-state index contributed by atoms with van der Waals surface area (Å²) in [5.74, 6) is 0.887. The lowest BCUT2D eigenvalue weighted by atomic mass is 10.2. The largest absolute Gasteiger partial charge is 0.385 e. The van der Waals surface area contributed by atoms with Crippen molar-refractivity contribution in [1.82, 2.24) is 10.6 Å². The molecule has 1 fully saturated rings. The van der Waals surface area contributed by atoms with Crippen LogP contribution >= 0.6 is 24.0 Å². The lowest BCUT2D eigenvalue weighted by Gasteiger charge is -2.13. The summed E-state index contributed by atoms with van der Waals surface area (Å²) >= 11 is 0. The van der Waals surface area contributed by atoms with Gasteiger partial charge in [0.15, 0.2) is 5.96 Å².